The predicted molar refractivity (Wildman–Crippen MR) is 198 cm³/mol. The van der Waals surface area contributed by atoms with E-state index in [9.17, 15) is 60.9 Å². The van der Waals surface area contributed by atoms with Gasteiger partial charge in [-0.3, -0.25) is 4.18 Å². The molecule has 3 N–H and O–H groups in total. The number of nitrogen functional groups attached to an aromatic ring is 1. The summed E-state index contributed by atoms with van der Waals surface area (Å²) in [5, 5.41) is 25.8. The fourth-order valence-corrected chi connectivity index (χ4v) is 8.90. The van der Waals surface area contributed by atoms with Gasteiger partial charge in [-0.05, 0) is 17.5 Å². The van der Waals surface area contributed by atoms with Gasteiger partial charge in [0.15, 0.2) is 15.6 Å². The summed E-state index contributed by atoms with van der Waals surface area (Å²) in [6.07, 6.45) is 0. The molecule has 0 radical (unpaired) electrons. The second-order valence-corrected chi connectivity index (χ2v) is 18.9. The van der Waals surface area contributed by atoms with Crippen molar-refractivity contribution in [2.45, 2.75) is 19.6 Å². The Morgan fingerprint density at radius 2 is 1.05 bits per heavy atom. The average Bonchev–Trinajstić information content (AvgIpc) is 3.14. The van der Waals surface area contributed by atoms with E-state index in [-0.39, 0.29) is 106 Å². The largest absolute Gasteiger partial charge is 1.00 e. The van der Waals surface area contributed by atoms with Gasteiger partial charge in [0.05, 0.1) is 61.7 Å². The molecule has 0 amide bonds. The van der Waals surface area contributed by atoms with Gasteiger partial charge >= 0.3 is 88.7 Å². The van der Waals surface area contributed by atoms with E-state index >= 15 is 0 Å². The Hall–Kier alpha value is -2.53. The van der Waals surface area contributed by atoms with E-state index in [0.717, 1.165) is 52.7 Å². The van der Waals surface area contributed by atoms with Crippen molar-refractivity contribution in [2.24, 2.45) is 20.5 Å². The van der Waals surface area contributed by atoms with Crippen LogP contribution < -0.4 is 113 Å². The van der Waals surface area contributed by atoms with Crippen molar-refractivity contribution < 1.29 is 173 Å². The first-order chi connectivity index (χ1) is 27.2. The van der Waals surface area contributed by atoms with Gasteiger partial charge in [0.2, 0.25) is 20.2 Å². The van der Waals surface area contributed by atoms with Gasteiger partial charge in [0.1, 0.15) is 75.8 Å². The minimum Gasteiger partial charge on any atom is -0.744 e. The standard InChI is InChI=1S/C30H31N5O19S5.3Na/c1-6-55(37,38)22-13-18(50-2)16(11-20(22)52-4)32-34-28-24(57(41,42)43)9-15-10-25(58(44,45)46)29(30(36)26(15)27(28)31)35-33-17-12-21(53-5)23(14-19(17)51-3)56(39,40)8-7-54-59(47,48)49;;;/h6,9-14,36H,1,7-8,31H2,2-5H3,(H,41,42,43)(H,44,45,46)(H,47,48,49);;;/q;3*+1/p-3. The number of nitrogens with two attached hydrogens (primary N) is 1. The molecule has 0 aliphatic rings. The molecular weight excluding hydrogens is 964 g/mol. The fourth-order valence-electron chi connectivity index (χ4n) is 5.07. The number of methoxy groups -OCH3 is 4. The first-order valence-corrected chi connectivity index (χ1v) is 22.7. The Balaban J connectivity index is 0.00000641. The molecule has 62 heavy (non-hydrogen) atoms. The Labute approximate surface area is 421 Å². The second kappa shape index (κ2) is 22.1. The number of ether oxygens (including phenoxy) is 4. The van der Waals surface area contributed by atoms with Crippen LogP contribution in [-0.4, -0.2) is 102 Å². The summed E-state index contributed by atoms with van der Waals surface area (Å²) in [5.74, 6) is -3.71. The zero-order valence-corrected chi connectivity index (χ0v) is 43.4. The van der Waals surface area contributed by atoms with Gasteiger partial charge in [-0.15, -0.1) is 20.5 Å². The van der Waals surface area contributed by atoms with Crippen LogP contribution in [0, 0.1) is 0 Å². The summed E-state index contributed by atoms with van der Waals surface area (Å²) in [6.45, 7) is 2.17. The molecule has 0 fully saturated rings. The number of fused-ring (bicyclic) bond motifs is 1. The van der Waals surface area contributed by atoms with Crippen molar-refractivity contribution in [1.29, 1.82) is 0 Å². The number of hydrogen-bond acceptors (Lipinski definition) is 24. The second-order valence-electron chi connectivity index (χ2n) is 11.2. The Bertz CT molecular complexity index is 3030. The van der Waals surface area contributed by atoms with E-state index in [1.54, 1.807) is 0 Å². The monoisotopic (exact) mass is 991 g/mol. The summed E-state index contributed by atoms with van der Waals surface area (Å²) >= 11 is 0. The molecule has 0 aromatic heterocycles. The van der Waals surface area contributed by atoms with Crippen LogP contribution in [-0.2, 0) is 54.5 Å². The number of benzene rings is 4. The number of nitrogens with zero attached hydrogens (tertiary/aromatic N) is 4. The molecule has 0 aliphatic carbocycles. The van der Waals surface area contributed by atoms with Gasteiger partial charge < -0.3 is 43.4 Å². The van der Waals surface area contributed by atoms with Gasteiger partial charge in [0, 0.05) is 29.7 Å². The van der Waals surface area contributed by atoms with Crippen LogP contribution in [0.4, 0.5) is 28.4 Å². The number of anilines is 1. The average molecular weight is 992 g/mol. The summed E-state index contributed by atoms with van der Waals surface area (Å²) in [5.41, 5.74) is 2.60. The SMILES string of the molecule is C=CS(=O)(=O)c1cc(OC)c(N=Nc2c(S(=O)(=O)[O-])cc3cc(S(=O)(=O)[O-])c(N=Nc4cc(OC)c(S(=O)(=O)CCOS(=O)(=O)[O-])cc4OC)c(O)c3c2N)cc1OC.[Na+].[Na+].[Na+]. The number of rotatable bonds is 17. The number of phenols is 1. The molecule has 4 rings (SSSR count). The zero-order valence-electron chi connectivity index (χ0n) is 33.4. The molecule has 0 saturated carbocycles. The van der Waals surface area contributed by atoms with Crippen LogP contribution in [0.5, 0.6) is 28.7 Å². The first kappa shape index (κ1) is 57.5. The molecule has 0 atom stereocenters. The minimum atomic E-state index is -5.63. The Morgan fingerprint density at radius 1 is 0.629 bits per heavy atom. The summed E-state index contributed by atoms with van der Waals surface area (Å²) in [7, 11) is -20.7. The summed E-state index contributed by atoms with van der Waals surface area (Å²) < 4.78 is 182. The maximum absolute atomic E-state index is 13.0. The maximum Gasteiger partial charge on any atom is 1.00 e. The van der Waals surface area contributed by atoms with Crippen molar-refractivity contribution in [3.63, 3.8) is 0 Å². The predicted octanol–water partition coefficient (Wildman–Crippen LogP) is -6.02. The van der Waals surface area contributed by atoms with Gasteiger partial charge in [-0.25, -0.2) is 42.1 Å². The third-order valence-electron chi connectivity index (χ3n) is 7.74. The molecule has 0 spiro atoms. The van der Waals surface area contributed by atoms with E-state index < -0.39 is 133 Å². The quantitative estimate of drug-likeness (QED) is 0.0327. The Kier molecular flexibility index (Phi) is 20.5. The molecule has 4 aromatic carbocycles. The van der Waals surface area contributed by atoms with Gasteiger partial charge in [-0.2, -0.15) is 0 Å². The zero-order chi connectivity index (χ0) is 44.5. The van der Waals surface area contributed by atoms with E-state index in [1.165, 1.54) is 0 Å². The summed E-state index contributed by atoms with van der Waals surface area (Å²) in [4.78, 5) is -3.57. The Morgan fingerprint density at radius 3 is 1.47 bits per heavy atom. The molecule has 0 aliphatic heterocycles. The number of hydrogen-bond donors (Lipinski definition) is 2. The molecule has 320 valence electrons. The smallest absolute Gasteiger partial charge is 0.744 e. The number of aromatic hydroxyl groups is 1. The van der Waals surface area contributed by atoms with Crippen LogP contribution in [0.15, 0.2) is 88.4 Å². The molecular formula is C30H28N5Na3O19S5. The van der Waals surface area contributed by atoms with E-state index in [2.05, 4.69) is 31.2 Å². The van der Waals surface area contributed by atoms with Crippen LogP contribution >= 0.6 is 0 Å². The van der Waals surface area contributed by atoms with Crippen molar-refractivity contribution >= 4 is 89.5 Å². The maximum atomic E-state index is 13.0. The van der Waals surface area contributed by atoms with Crippen molar-refractivity contribution in [2.75, 3.05) is 46.5 Å². The third kappa shape index (κ3) is 13.1. The number of sulfone groups is 2. The summed E-state index contributed by atoms with van der Waals surface area (Å²) in [6, 6.07) is 4.76. The molecule has 24 nitrogen and oxygen atoms in total. The molecule has 0 heterocycles. The normalized spacial score (nSPS) is 12.3. The van der Waals surface area contributed by atoms with Crippen molar-refractivity contribution in [3.05, 3.63) is 48.4 Å². The van der Waals surface area contributed by atoms with Crippen LogP contribution in [0.3, 0.4) is 0 Å². The molecule has 0 saturated heterocycles. The van der Waals surface area contributed by atoms with Crippen molar-refractivity contribution in [3.8, 4) is 28.7 Å². The van der Waals surface area contributed by atoms with Crippen molar-refractivity contribution in [1.82, 2.24) is 0 Å². The van der Waals surface area contributed by atoms with E-state index in [4.69, 9.17) is 24.7 Å². The molecule has 4 aromatic rings. The number of azo groups is 2. The molecule has 0 unspecified atom stereocenters. The minimum absolute atomic E-state index is 0. The van der Waals surface area contributed by atoms with Crippen LogP contribution in [0.1, 0.15) is 0 Å². The molecule has 32 heteroatoms. The van der Waals surface area contributed by atoms with E-state index in [1.807, 2.05) is 0 Å². The topological polar surface area (TPSA) is 382 Å². The number of phenolic OH excluding ortho intramolecular Hbond substituents is 1. The molecule has 0 bridgehead atoms. The van der Waals surface area contributed by atoms with Gasteiger partial charge in [-0.1, -0.05) is 6.58 Å². The van der Waals surface area contributed by atoms with Crippen LogP contribution in [0.25, 0.3) is 10.8 Å². The van der Waals surface area contributed by atoms with Crippen LogP contribution in [0.2, 0.25) is 0 Å². The first-order valence-electron chi connectivity index (χ1n) is 15.3. The third-order valence-corrected chi connectivity index (χ3v) is 13.0. The van der Waals surface area contributed by atoms with Gasteiger partial charge in [0.25, 0.3) is 0 Å². The fraction of sp³-hybridized carbons (Fsp3) is 0.200. The van der Waals surface area contributed by atoms with E-state index in [0.29, 0.717) is 17.5 Å².